The first-order valence-corrected chi connectivity index (χ1v) is 3.97. The molecule has 0 fully saturated rings. The van der Waals surface area contributed by atoms with Crippen molar-refractivity contribution in [3.63, 3.8) is 0 Å². The quantitative estimate of drug-likeness (QED) is 0.249. The molecule has 0 unspecified atom stereocenters. The molecule has 0 amide bonds. The van der Waals surface area contributed by atoms with Crippen molar-refractivity contribution in [2.45, 2.75) is 12.8 Å². The van der Waals surface area contributed by atoms with E-state index in [4.69, 9.17) is 4.53 Å². The molecule has 0 saturated carbocycles. The molecular formula is C7H13NOSi. The molecule has 0 spiro atoms. The van der Waals surface area contributed by atoms with Crippen molar-refractivity contribution in [3.05, 3.63) is 25.3 Å². The van der Waals surface area contributed by atoms with Crippen molar-refractivity contribution >= 4 is 16.2 Å². The van der Waals surface area contributed by atoms with E-state index in [0.717, 1.165) is 18.6 Å². The van der Waals surface area contributed by atoms with Gasteiger partial charge in [0.2, 0.25) is 10.5 Å². The van der Waals surface area contributed by atoms with Crippen LogP contribution >= 0.6 is 0 Å². The van der Waals surface area contributed by atoms with Gasteiger partial charge in [0.1, 0.15) is 0 Å². The van der Waals surface area contributed by atoms with E-state index in [-0.39, 0.29) is 0 Å². The molecule has 0 saturated heterocycles. The Morgan fingerprint density at radius 2 is 1.90 bits per heavy atom. The maximum atomic E-state index is 4.74. The predicted octanol–water partition coefficient (Wildman–Crippen LogP) is 0.792. The van der Waals surface area contributed by atoms with Gasteiger partial charge in [0.25, 0.3) is 0 Å². The Morgan fingerprint density at radius 3 is 2.20 bits per heavy atom. The van der Waals surface area contributed by atoms with E-state index in [2.05, 4.69) is 18.3 Å². The first-order chi connectivity index (χ1) is 4.85. The third kappa shape index (κ3) is 4.09. The second-order valence-corrected chi connectivity index (χ2v) is 2.19. The molecule has 0 N–H and O–H groups in total. The van der Waals surface area contributed by atoms with Crippen LogP contribution in [-0.4, -0.2) is 16.2 Å². The second-order valence-electron chi connectivity index (χ2n) is 1.83. The predicted molar refractivity (Wildman–Crippen MR) is 48.1 cm³/mol. The average Bonchev–Trinajstić information content (AvgIpc) is 1.90. The summed E-state index contributed by atoms with van der Waals surface area (Å²) >= 11 is 0. The summed E-state index contributed by atoms with van der Waals surface area (Å²) in [4.78, 5) is 0. The van der Waals surface area contributed by atoms with E-state index in [1.165, 1.54) is 0 Å². The van der Waals surface area contributed by atoms with Gasteiger partial charge in [-0.1, -0.05) is 12.2 Å². The third-order valence-electron chi connectivity index (χ3n) is 0.980. The fourth-order valence-electron chi connectivity index (χ4n) is 0.620. The topological polar surface area (TPSA) is 21.6 Å². The van der Waals surface area contributed by atoms with Crippen molar-refractivity contribution in [1.82, 2.24) is 0 Å². The number of rotatable bonds is 5. The van der Waals surface area contributed by atoms with Crippen LogP contribution in [-0.2, 0) is 4.53 Å². The Morgan fingerprint density at radius 1 is 1.40 bits per heavy atom. The number of hydrogen-bond donors (Lipinski definition) is 0. The lowest BCUT2D eigenvalue weighted by molar-refractivity contribution is 0.376. The average molecular weight is 155 g/mol. The van der Waals surface area contributed by atoms with Crippen LogP contribution in [0.1, 0.15) is 12.8 Å². The van der Waals surface area contributed by atoms with E-state index in [1.807, 2.05) is 12.2 Å². The Hall–Kier alpha value is -0.833. The van der Waals surface area contributed by atoms with E-state index in [1.54, 1.807) is 0 Å². The summed E-state index contributed by atoms with van der Waals surface area (Å²) in [5.74, 6) is 0. The molecule has 0 aromatic rings. The normalized spacial score (nSPS) is 8.40. The zero-order valence-corrected chi connectivity index (χ0v) is 8.34. The Kier molecular flexibility index (Phi) is 5.77. The third-order valence-corrected chi connectivity index (χ3v) is 1.16. The minimum absolute atomic E-state index is 0.645. The van der Waals surface area contributed by atoms with Crippen LogP contribution in [0.5, 0.6) is 0 Å². The summed E-state index contributed by atoms with van der Waals surface area (Å²) in [6, 6.07) is 0. The Labute approximate surface area is 64.8 Å². The maximum absolute atomic E-state index is 4.74. The summed E-state index contributed by atoms with van der Waals surface area (Å²) in [5.41, 5.74) is 0.986. The molecule has 56 valence electrons. The Balaban J connectivity index is 3.82. The molecule has 0 rings (SSSR count). The van der Waals surface area contributed by atoms with E-state index < -0.39 is 0 Å². The van der Waals surface area contributed by atoms with Gasteiger partial charge in [-0.15, -0.1) is 18.3 Å². The number of hydrogen-bond acceptors (Lipinski definition) is 2. The smallest absolute Gasteiger partial charge is 0.242 e. The van der Waals surface area contributed by atoms with Crippen molar-refractivity contribution in [3.8, 4) is 0 Å². The summed E-state index contributed by atoms with van der Waals surface area (Å²) < 4.78 is 4.74. The minimum atomic E-state index is 0.645. The van der Waals surface area contributed by atoms with E-state index >= 15 is 0 Å². The zero-order valence-electron chi connectivity index (χ0n) is 6.34. The van der Waals surface area contributed by atoms with Crippen LogP contribution in [0.15, 0.2) is 30.5 Å². The summed E-state index contributed by atoms with van der Waals surface area (Å²) in [6.45, 7) is 7.21. The fourth-order valence-corrected chi connectivity index (χ4v) is 0.878. The van der Waals surface area contributed by atoms with Crippen molar-refractivity contribution in [1.29, 1.82) is 0 Å². The van der Waals surface area contributed by atoms with Crippen LogP contribution < -0.4 is 0 Å². The van der Waals surface area contributed by atoms with Gasteiger partial charge in [-0.05, 0) is 0 Å². The first kappa shape index (κ1) is 9.17. The van der Waals surface area contributed by atoms with Gasteiger partial charge in [0.05, 0.1) is 5.71 Å². The molecular weight excluding hydrogens is 142 g/mol. The van der Waals surface area contributed by atoms with Crippen LogP contribution in [0.3, 0.4) is 0 Å². The Bertz CT molecular complexity index is 131. The van der Waals surface area contributed by atoms with Crippen LogP contribution in [0, 0.1) is 0 Å². The number of nitrogens with zero attached hydrogens (tertiary/aromatic N) is 1. The van der Waals surface area contributed by atoms with Crippen LogP contribution in [0.2, 0.25) is 0 Å². The molecule has 0 atom stereocenters. The summed E-state index contributed by atoms with van der Waals surface area (Å²) in [5, 5.41) is 3.84. The van der Waals surface area contributed by atoms with Crippen molar-refractivity contribution in [2.75, 3.05) is 0 Å². The standard InChI is InChI=1S/C7H13NOSi/c1-3-5-7(6-4-2)8-9-10/h3-4H,1-2,5-6H2,10H3. The van der Waals surface area contributed by atoms with Crippen LogP contribution in [0.25, 0.3) is 0 Å². The molecule has 0 aliphatic heterocycles. The van der Waals surface area contributed by atoms with E-state index in [9.17, 15) is 0 Å². The van der Waals surface area contributed by atoms with Gasteiger partial charge in [0.15, 0.2) is 0 Å². The SMILES string of the molecule is C=CCC(CC=C)=NO[SiH3]. The largest absolute Gasteiger partial charge is 0.467 e. The van der Waals surface area contributed by atoms with Crippen molar-refractivity contribution < 1.29 is 4.53 Å². The molecule has 0 aromatic heterocycles. The molecule has 0 heterocycles. The lowest BCUT2D eigenvalue weighted by Gasteiger charge is -1.97. The molecule has 2 nitrogen and oxygen atoms in total. The maximum Gasteiger partial charge on any atom is 0.242 e. The number of allylic oxidation sites excluding steroid dienone is 2. The minimum Gasteiger partial charge on any atom is -0.467 e. The molecule has 0 bridgehead atoms. The number of oxime groups is 1. The molecule has 0 aliphatic carbocycles. The summed E-state index contributed by atoms with van der Waals surface area (Å²) in [7, 11) is 0.645. The lowest BCUT2D eigenvalue weighted by atomic mass is 10.2. The lowest BCUT2D eigenvalue weighted by Crippen LogP contribution is -1.94. The summed E-state index contributed by atoms with van der Waals surface area (Å²) in [6.07, 6.45) is 5.19. The van der Waals surface area contributed by atoms with Gasteiger partial charge in [-0.3, -0.25) is 0 Å². The second kappa shape index (κ2) is 6.29. The molecule has 0 aliphatic rings. The first-order valence-electron chi connectivity index (χ1n) is 3.15. The van der Waals surface area contributed by atoms with Gasteiger partial charge in [0, 0.05) is 12.8 Å². The van der Waals surface area contributed by atoms with Crippen LogP contribution in [0.4, 0.5) is 0 Å². The highest BCUT2D eigenvalue weighted by molar-refractivity contribution is 5.98. The highest BCUT2D eigenvalue weighted by atomic mass is 28.2. The highest BCUT2D eigenvalue weighted by Crippen LogP contribution is 1.94. The molecule has 3 heteroatoms. The monoisotopic (exact) mass is 155 g/mol. The van der Waals surface area contributed by atoms with Gasteiger partial charge in [-0.25, -0.2) is 0 Å². The fraction of sp³-hybridized carbons (Fsp3) is 0.286. The van der Waals surface area contributed by atoms with E-state index in [0.29, 0.717) is 10.5 Å². The highest BCUT2D eigenvalue weighted by Gasteiger charge is 1.91. The zero-order chi connectivity index (χ0) is 7.82. The van der Waals surface area contributed by atoms with Gasteiger partial charge in [-0.2, -0.15) is 0 Å². The molecule has 0 radical (unpaired) electrons. The van der Waals surface area contributed by atoms with Crippen molar-refractivity contribution in [2.24, 2.45) is 5.16 Å². The molecule has 10 heavy (non-hydrogen) atoms. The van der Waals surface area contributed by atoms with Gasteiger partial charge < -0.3 is 4.53 Å². The van der Waals surface area contributed by atoms with Gasteiger partial charge >= 0.3 is 0 Å². The molecule has 0 aromatic carbocycles.